The van der Waals surface area contributed by atoms with Gasteiger partial charge in [-0.2, -0.15) is 0 Å². The molecule has 0 saturated heterocycles. The molecule has 1 saturated carbocycles. The van der Waals surface area contributed by atoms with Crippen LogP contribution in [0.5, 0.6) is 5.75 Å². The Bertz CT molecular complexity index is 366. The van der Waals surface area contributed by atoms with Crippen molar-refractivity contribution in [2.45, 2.75) is 25.4 Å². The fraction of sp³-hybridized carbons (Fsp3) is 0.500. The first-order valence-corrected chi connectivity index (χ1v) is 6.33. The van der Waals surface area contributed by atoms with E-state index in [2.05, 4.69) is 20.8 Å². The van der Waals surface area contributed by atoms with Gasteiger partial charge in [0.1, 0.15) is 5.75 Å². The predicted octanol–water partition coefficient (Wildman–Crippen LogP) is 2.11. The van der Waals surface area contributed by atoms with Gasteiger partial charge in [-0.15, -0.1) is 0 Å². The lowest BCUT2D eigenvalue weighted by Crippen LogP contribution is -2.28. The average molecular weight is 286 g/mol. The summed E-state index contributed by atoms with van der Waals surface area (Å²) in [7, 11) is 0. The topological polar surface area (TPSA) is 43.7 Å². The highest BCUT2D eigenvalue weighted by Crippen LogP contribution is 2.32. The molecule has 1 aromatic carbocycles. The molecule has 0 bridgehead atoms. The summed E-state index contributed by atoms with van der Waals surface area (Å²) in [5.74, 6) is 0.311. The molecule has 0 spiro atoms. The Kier molecular flexibility index (Phi) is 3.84. The van der Waals surface area contributed by atoms with Gasteiger partial charge >= 0.3 is 0 Å². The second-order valence-electron chi connectivity index (χ2n) is 4.17. The van der Waals surface area contributed by atoms with Gasteiger partial charge in [0.2, 0.25) is 0 Å². The highest BCUT2D eigenvalue weighted by Gasteiger charge is 2.28. The van der Waals surface area contributed by atoms with Gasteiger partial charge in [0.15, 0.2) is 0 Å². The minimum Gasteiger partial charge on any atom is -0.506 e. The zero-order chi connectivity index (χ0) is 11.5. The van der Waals surface area contributed by atoms with Crippen molar-refractivity contribution in [2.75, 3.05) is 13.2 Å². The summed E-state index contributed by atoms with van der Waals surface area (Å²) in [4.78, 5) is 2.22. The van der Waals surface area contributed by atoms with Crippen molar-refractivity contribution >= 4 is 15.9 Å². The number of halogens is 1. The molecule has 0 unspecified atom stereocenters. The number of phenols is 1. The summed E-state index contributed by atoms with van der Waals surface area (Å²) in [6.07, 6.45) is 2.41. The highest BCUT2D eigenvalue weighted by molar-refractivity contribution is 9.10. The quantitative estimate of drug-likeness (QED) is 0.871. The number of para-hydroxylation sites is 1. The number of aromatic hydroxyl groups is 1. The van der Waals surface area contributed by atoms with E-state index in [0.29, 0.717) is 24.9 Å². The maximum absolute atomic E-state index is 9.88. The van der Waals surface area contributed by atoms with E-state index in [1.165, 1.54) is 12.8 Å². The molecule has 0 atom stereocenters. The second kappa shape index (κ2) is 5.17. The molecule has 16 heavy (non-hydrogen) atoms. The molecule has 1 fully saturated rings. The third kappa shape index (κ3) is 2.75. The Morgan fingerprint density at radius 1 is 1.38 bits per heavy atom. The van der Waals surface area contributed by atoms with Crippen molar-refractivity contribution in [3.05, 3.63) is 28.2 Å². The van der Waals surface area contributed by atoms with Crippen molar-refractivity contribution < 1.29 is 10.2 Å². The lowest BCUT2D eigenvalue weighted by Gasteiger charge is -2.21. The van der Waals surface area contributed by atoms with Gasteiger partial charge in [0.25, 0.3) is 0 Å². The summed E-state index contributed by atoms with van der Waals surface area (Å²) in [6, 6.07) is 6.26. The van der Waals surface area contributed by atoms with Gasteiger partial charge in [-0.25, -0.2) is 0 Å². The molecule has 2 N–H and O–H groups in total. The van der Waals surface area contributed by atoms with Crippen LogP contribution in [-0.2, 0) is 6.54 Å². The highest BCUT2D eigenvalue weighted by atomic mass is 79.9. The van der Waals surface area contributed by atoms with E-state index >= 15 is 0 Å². The fourth-order valence-electron chi connectivity index (χ4n) is 1.87. The van der Waals surface area contributed by atoms with Gasteiger partial charge in [0.05, 0.1) is 11.1 Å². The maximum atomic E-state index is 9.88. The summed E-state index contributed by atoms with van der Waals surface area (Å²) in [6.45, 7) is 1.55. The molecule has 88 valence electrons. The third-order valence-corrected chi connectivity index (χ3v) is 3.53. The molecule has 3 nitrogen and oxygen atoms in total. The van der Waals surface area contributed by atoms with Crippen molar-refractivity contribution in [1.29, 1.82) is 0 Å². The summed E-state index contributed by atoms with van der Waals surface area (Å²) in [5.41, 5.74) is 0.912. The van der Waals surface area contributed by atoms with E-state index in [4.69, 9.17) is 5.11 Å². The van der Waals surface area contributed by atoms with Crippen LogP contribution in [0.2, 0.25) is 0 Å². The lowest BCUT2D eigenvalue weighted by atomic mass is 10.2. The number of nitrogens with zero attached hydrogens (tertiary/aromatic N) is 1. The molecule has 0 amide bonds. The predicted molar refractivity (Wildman–Crippen MR) is 66.3 cm³/mol. The summed E-state index contributed by atoms with van der Waals surface area (Å²) >= 11 is 3.31. The van der Waals surface area contributed by atoms with E-state index in [1.807, 2.05) is 18.2 Å². The zero-order valence-corrected chi connectivity index (χ0v) is 10.7. The Balaban J connectivity index is 2.08. The normalized spacial score (nSPS) is 15.7. The van der Waals surface area contributed by atoms with E-state index in [1.54, 1.807) is 0 Å². The molecule has 0 radical (unpaired) electrons. The second-order valence-corrected chi connectivity index (χ2v) is 5.03. The number of rotatable bonds is 5. The Morgan fingerprint density at radius 3 is 2.75 bits per heavy atom. The van der Waals surface area contributed by atoms with E-state index in [0.717, 1.165) is 10.0 Å². The molecule has 0 aliphatic heterocycles. The molecule has 4 heteroatoms. The Labute approximate surface area is 104 Å². The van der Waals surface area contributed by atoms with E-state index in [9.17, 15) is 5.11 Å². The van der Waals surface area contributed by atoms with Crippen LogP contribution in [0.3, 0.4) is 0 Å². The number of aliphatic hydroxyl groups excluding tert-OH is 1. The van der Waals surface area contributed by atoms with Crippen LogP contribution in [0.15, 0.2) is 22.7 Å². The molecular formula is C12H16BrNO2. The monoisotopic (exact) mass is 285 g/mol. The molecular weight excluding hydrogens is 270 g/mol. The van der Waals surface area contributed by atoms with Gasteiger partial charge in [-0.3, -0.25) is 4.90 Å². The van der Waals surface area contributed by atoms with Crippen molar-refractivity contribution in [2.24, 2.45) is 0 Å². The van der Waals surface area contributed by atoms with Gasteiger partial charge in [-0.1, -0.05) is 12.1 Å². The molecule has 0 aromatic heterocycles. The van der Waals surface area contributed by atoms with Crippen LogP contribution >= 0.6 is 15.9 Å². The number of aliphatic hydroxyl groups is 1. The van der Waals surface area contributed by atoms with Crippen molar-refractivity contribution in [3.63, 3.8) is 0 Å². The average Bonchev–Trinajstić information content (AvgIpc) is 3.07. The maximum Gasteiger partial charge on any atom is 0.134 e. The summed E-state index contributed by atoms with van der Waals surface area (Å²) < 4.78 is 0.727. The van der Waals surface area contributed by atoms with Crippen LogP contribution < -0.4 is 0 Å². The summed E-state index contributed by atoms with van der Waals surface area (Å²) in [5, 5.41) is 18.9. The van der Waals surface area contributed by atoms with Gasteiger partial charge < -0.3 is 10.2 Å². The first kappa shape index (κ1) is 11.9. The third-order valence-electron chi connectivity index (χ3n) is 2.89. The van der Waals surface area contributed by atoms with Gasteiger partial charge in [-0.05, 0) is 34.8 Å². The van der Waals surface area contributed by atoms with E-state index < -0.39 is 0 Å². The molecule has 1 aliphatic rings. The first-order chi connectivity index (χ1) is 7.72. The number of benzene rings is 1. The minimum absolute atomic E-state index is 0.172. The number of hydrogen-bond donors (Lipinski definition) is 2. The molecule has 2 rings (SSSR count). The van der Waals surface area contributed by atoms with Crippen LogP contribution in [0.25, 0.3) is 0 Å². The molecule has 1 aliphatic carbocycles. The Hall–Kier alpha value is -0.580. The minimum atomic E-state index is 0.172. The molecule has 0 heterocycles. The van der Waals surface area contributed by atoms with Crippen LogP contribution in [0.4, 0.5) is 0 Å². The molecule has 1 aromatic rings. The van der Waals surface area contributed by atoms with Crippen LogP contribution in [0.1, 0.15) is 18.4 Å². The standard InChI is InChI=1S/C12H16BrNO2/c13-11-3-1-2-9(12(11)16)8-14(6-7-15)10-4-5-10/h1-3,10,15-16H,4-8H2. The zero-order valence-electron chi connectivity index (χ0n) is 9.06. The SMILES string of the molecule is OCCN(Cc1cccc(Br)c1O)C1CC1. The van der Waals surface area contributed by atoms with Gasteiger partial charge in [0, 0.05) is 24.7 Å². The smallest absolute Gasteiger partial charge is 0.134 e. The number of phenolic OH excluding ortho intramolecular Hbond substituents is 1. The first-order valence-electron chi connectivity index (χ1n) is 5.53. The largest absolute Gasteiger partial charge is 0.506 e. The van der Waals surface area contributed by atoms with Crippen molar-refractivity contribution in [1.82, 2.24) is 4.90 Å². The van der Waals surface area contributed by atoms with Crippen LogP contribution in [0, 0.1) is 0 Å². The Morgan fingerprint density at radius 2 is 2.12 bits per heavy atom. The fourth-order valence-corrected chi connectivity index (χ4v) is 2.27. The number of hydrogen-bond acceptors (Lipinski definition) is 3. The van der Waals surface area contributed by atoms with Crippen LogP contribution in [-0.4, -0.2) is 34.3 Å². The van der Waals surface area contributed by atoms with Crippen molar-refractivity contribution in [3.8, 4) is 5.75 Å². The lowest BCUT2D eigenvalue weighted by molar-refractivity contribution is 0.182. The van der Waals surface area contributed by atoms with E-state index in [-0.39, 0.29) is 6.61 Å².